The van der Waals surface area contributed by atoms with Gasteiger partial charge in [0.1, 0.15) is 0 Å². The van der Waals surface area contributed by atoms with Crippen LogP contribution in [0.15, 0.2) is 24.3 Å². The molecule has 1 aliphatic rings. The smallest absolute Gasteiger partial charge is 0.220 e. The van der Waals surface area contributed by atoms with Crippen LogP contribution in [0.1, 0.15) is 44.4 Å². The number of benzene rings is 1. The number of fused-ring (bicyclic) bond motifs is 1. The van der Waals surface area contributed by atoms with Crippen molar-refractivity contribution in [2.24, 2.45) is 5.92 Å². The number of amides is 1. The first-order valence-corrected chi connectivity index (χ1v) is 11.2. The number of aryl methyl sites for hydroxylation is 2. The Labute approximate surface area is 175 Å². The number of hydrogen-bond acceptors (Lipinski definition) is 5. The number of rotatable bonds is 5. The highest BCUT2D eigenvalue weighted by atomic mass is 32.1. The van der Waals surface area contributed by atoms with E-state index in [1.54, 1.807) is 11.3 Å². The number of nitrogens with one attached hydrogen (secondary N) is 1. The standard InChI is InChI=1S/C22H29N5OS/c1-14(2)12-19(28)23-17-8-10-26(11-9-17)22-24-21-20(29-22)16(4)25-27(21)18-7-5-6-15(3)13-18/h5-7,13-14,17H,8-12H2,1-4H3,(H,23,28). The molecule has 1 saturated heterocycles. The average Bonchev–Trinajstić information content (AvgIpc) is 3.22. The van der Waals surface area contributed by atoms with E-state index < -0.39 is 0 Å². The SMILES string of the molecule is Cc1cccc(-n2nc(C)c3sc(N4CCC(NC(=O)CC(C)C)CC4)nc32)c1. The Kier molecular flexibility index (Phi) is 5.58. The van der Waals surface area contributed by atoms with Crippen LogP contribution in [-0.2, 0) is 4.79 Å². The summed E-state index contributed by atoms with van der Waals surface area (Å²) in [6, 6.07) is 8.63. The minimum atomic E-state index is 0.173. The molecule has 1 aromatic carbocycles. The number of carbonyl (C=O) groups excluding carboxylic acids is 1. The van der Waals surface area contributed by atoms with E-state index in [9.17, 15) is 4.79 Å². The van der Waals surface area contributed by atoms with Gasteiger partial charge in [-0.15, -0.1) is 0 Å². The van der Waals surface area contributed by atoms with Gasteiger partial charge < -0.3 is 10.2 Å². The van der Waals surface area contributed by atoms with E-state index in [0.29, 0.717) is 12.3 Å². The summed E-state index contributed by atoms with van der Waals surface area (Å²) in [6.07, 6.45) is 2.53. The molecule has 6 nitrogen and oxygen atoms in total. The first kappa shape index (κ1) is 19.9. The molecule has 0 saturated carbocycles. The van der Waals surface area contributed by atoms with Crippen molar-refractivity contribution in [1.29, 1.82) is 0 Å². The quantitative estimate of drug-likeness (QED) is 0.682. The molecular formula is C22H29N5OS. The molecule has 0 atom stereocenters. The molecule has 0 radical (unpaired) electrons. The Balaban J connectivity index is 1.48. The van der Waals surface area contributed by atoms with Gasteiger partial charge in [-0.3, -0.25) is 4.79 Å². The molecule has 3 aromatic rings. The normalized spacial score (nSPS) is 15.4. The van der Waals surface area contributed by atoms with Gasteiger partial charge in [-0.1, -0.05) is 37.3 Å². The maximum Gasteiger partial charge on any atom is 0.220 e. The fraction of sp³-hybridized carbons (Fsp3) is 0.500. The Morgan fingerprint density at radius 2 is 2.03 bits per heavy atom. The number of piperidine rings is 1. The molecule has 2 aromatic heterocycles. The molecule has 0 bridgehead atoms. The monoisotopic (exact) mass is 411 g/mol. The molecular weight excluding hydrogens is 382 g/mol. The Bertz CT molecular complexity index is 1010. The lowest BCUT2D eigenvalue weighted by Gasteiger charge is -2.32. The van der Waals surface area contributed by atoms with Crippen LogP contribution in [-0.4, -0.2) is 39.8 Å². The van der Waals surface area contributed by atoms with Gasteiger partial charge in [0.25, 0.3) is 0 Å². The van der Waals surface area contributed by atoms with E-state index in [1.165, 1.54) is 5.56 Å². The zero-order chi connectivity index (χ0) is 20.5. The largest absolute Gasteiger partial charge is 0.353 e. The van der Waals surface area contributed by atoms with E-state index >= 15 is 0 Å². The number of thiazole rings is 1. The van der Waals surface area contributed by atoms with Crippen molar-refractivity contribution in [2.45, 2.75) is 53.0 Å². The molecule has 1 N–H and O–H groups in total. The second-order valence-electron chi connectivity index (χ2n) is 8.41. The van der Waals surface area contributed by atoms with Gasteiger partial charge in [-0.05, 0) is 50.3 Å². The lowest BCUT2D eigenvalue weighted by molar-refractivity contribution is -0.122. The van der Waals surface area contributed by atoms with Gasteiger partial charge in [0.15, 0.2) is 10.8 Å². The molecule has 3 heterocycles. The number of anilines is 1. The summed E-state index contributed by atoms with van der Waals surface area (Å²) in [5.41, 5.74) is 4.20. The zero-order valence-electron chi connectivity index (χ0n) is 17.6. The second-order valence-corrected chi connectivity index (χ2v) is 9.39. The summed E-state index contributed by atoms with van der Waals surface area (Å²) in [7, 11) is 0. The van der Waals surface area contributed by atoms with Gasteiger partial charge in [-0.2, -0.15) is 10.1 Å². The van der Waals surface area contributed by atoms with Crippen LogP contribution in [0.25, 0.3) is 16.0 Å². The van der Waals surface area contributed by atoms with Gasteiger partial charge in [0, 0.05) is 25.6 Å². The van der Waals surface area contributed by atoms with Crippen LogP contribution in [0, 0.1) is 19.8 Å². The van der Waals surface area contributed by atoms with Gasteiger partial charge in [-0.25, -0.2) is 4.68 Å². The summed E-state index contributed by atoms with van der Waals surface area (Å²) in [6.45, 7) is 10.1. The lowest BCUT2D eigenvalue weighted by atomic mass is 10.0. The topological polar surface area (TPSA) is 63.1 Å². The van der Waals surface area contributed by atoms with Crippen LogP contribution in [0.3, 0.4) is 0 Å². The van der Waals surface area contributed by atoms with Crippen molar-refractivity contribution in [3.05, 3.63) is 35.5 Å². The van der Waals surface area contributed by atoms with Crippen molar-refractivity contribution in [3.8, 4) is 5.69 Å². The predicted molar refractivity (Wildman–Crippen MR) is 119 cm³/mol. The van der Waals surface area contributed by atoms with Crippen LogP contribution >= 0.6 is 11.3 Å². The molecule has 29 heavy (non-hydrogen) atoms. The van der Waals surface area contributed by atoms with E-state index in [4.69, 9.17) is 10.1 Å². The summed E-state index contributed by atoms with van der Waals surface area (Å²) in [5.74, 6) is 0.571. The summed E-state index contributed by atoms with van der Waals surface area (Å²) < 4.78 is 3.10. The minimum Gasteiger partial charge on any atom is -0.353 e. The average molecular weight is 412 g/mol. The maximum absolute atomic E-state index is 12.0. The van der Waals surface area contributed by atoms with Crippen molar-refractivity contribution in [2.75, 3.05) is 18.0 Å². The molecule has 0 aliphatic carbocycles. The maximum atomic E-state index is 12.0. The van der Waals surface area contributed by atoms with E-state index in [0.717, 1.165) is 52.8 Å². The third-order valence-electron chi connectivity index (χ3n) is 5.35. The zero-order valence-corrected chi connectivity index (χ0v) is 18.4. The van der Waals surface area contributed by atoms with E-state index in [2.05, 4.69) is 55.3 Å². The molecule has 4 rings (SSSR count). The molecule has 0 spiro atoms. The summed E-state index contributed by atoms with van der Waals surface area (Å²) >= 11 is 1.72. The molecule has 0 unspecified atom stereocenters. The van der Waals surface area contributed by atoms with E-state index in [1.807, 2.05) is 11.6 Å². The summed E-state index contributed by atoms with van der Waals surface area (Å²) in [4.78, 5) is 19.3. The fourth-order valence-corrected chi connectivity index (χ4v) is 4.91. The number of carbonyl (C=O) groups is 1. The van der Waals surface area contributed by atoms with Crippen LogP contribution in [0.2, 0.25) is 0 Å². The third-order valence-corrected chi connectivity index (χ3v) is 6.56. The third kappa shape index (κ3) is 4.29. The Morgan fingerprint density at radius 1 is 1.28 bits per heavy atom. The van der Waals surface area contributed by atoms with Crippen molar-refractivity contribution in [3.63, 3.8) is 0 Å². The lowest BCUT2D eigenvalue weighted by Crippen LogP contribution is -2.44. The minimum absolute atomic E-state index is 0.173. The van der Waals surface area contributed by atoms with Crippen LogP contribution < -0.4 is 10.2 Å². The molecule has 154 valence electrons. The summed E-state index contributed by atoms with van der Waals surface area (Å²) in [5, 5.41) is 8.96. The first-order chi connectivity index (χ1) is 13.9. The first-order valence-electron chi connectivity index (χ1n) is 10.4. The van der Waals surface area contributed by atoms with Crippen LogP contribution in [0.4, 0.5) is 5.13 Å². The molecule has 1 aliphatic heterocycles. The van der Waals surface area contributed by atoms with Gasteiger partial charge in [0.05, 0.1) is 16.1 Å². The number of aromatic nitrogens is 3. The van der Waals surface area contributed by atoms with Crippen molar-refractivity contribution >= 4 is 32.7 Å². The Hall–Kier alpha value is -2.41. The number of hydrogen-bond donors (Lipinski definition) is 1. The Morgan fingerprint density at radius 3 is 2.72 bits per heavy atom. The van der Waals surface area contributed by atoms with Crippen LogP contribution in [0.5, 0.6) is 0 Å². The van der Waals surface area contributed by atoms with Gasteiger partial charge >= 0.3 is 0 Å². The molecule has 7 heteroatoms. The molecule has 1 amide bonds. The second kappa shape index (κ2) is 8.14. The highest BCUT2D eigenvalue weighted by Gasteiger charge is 2.24. The van der Waals surface area contributed by atoms with Gasteiger partial charge in [0.2, 0.25) is 5.91 Å². The highest BCUT2D eigenvalue weighted by Crippen LogP contribution is 2.33. The fourth-order valence-electron chi connectivity index (χ4n) is 3.87. The number of nitrogens with zero attached hydrogens (tertiary/aromatic N) is 4. The van der Waals surface area contributed by atoms with Crippen molar-refractivity contribution < 1.29 is 4.79 Å². The molecule has 1 fully saturated rings. The predicted octanol–water partition coefficient (Wildman–Crippen LogP) is 4.23. The van der Waals surface area contributed by atoms with E-state index in [-0.39, 0.29) is 11.9 Å². The van der Waals surface area contributed by atoms with Crippen molar-refractivity contribution in [1.82, 2.24) is 20.1 Å². The highest BCUT2D eigenvalue weighted by molar-refractivity contribution is 7.22.